The van der Waals surface area contributed by atoms with Gasteiger partial charge in [-0.2, -0.15) is 11.8 Å². The quantitative estimate of drug-likeness (QED) is 0.116. The lowest BCUT2D eigenvalue weighted by Gasteiger charge is -2.15. The van der Waals surface area contributed by atoms with Crippen LogP contribution in [0, 0.1) is 0 Å². The summed E-state index contributed by atoms with van der Waals surface area (Å²) < 4.78 is 0. The van der Waals surface area contributed by atoms with Gasteiger partial charge >= 0.3 is 0 Å². The van der Waals surface area contributed by atoms with Crippen LogP contribution in [0.15, 0.2) is 36.2 Å². The molecule has 0 aromatic heterocycles. The van der Waals surface area contributed by atoms with E-state index in [9.17, 15) is 9.59 Å². The van der Waals surface area contributed by atoms with Crippen molar-refractivity contribution in [3.63, 3.8) is 0 Å². The maximum Gasteiger partial charge on any atom is 0.265 e. The molecule has 0 fully saturated rings. The zero-order chi connectivity index (χ0) is 20.8. The second-order valence-corrected chi connectivity index (χ2v) is 7.25. The predicted octanol–water partition coefficient (Wildman–Crippen LogP) is 0.172. The van der Waals surface area contributed by atoms with E-state index in [2.05, 4.69) is 10.7 Å². The Labute approximate surface area is 169 Å². The molecule has 10 heteroatoms. The second kappa shape index (κ2) is 13.8. The molecule has 0 bridgehead atoms. The molecular weight excluding hydrogens is 380 g/mol. The van der Waals surface area contributed by atoms with Crippen molar-refractivity contribution in [2.24, 2.45) is 17.4 Å². The number of amides is 2. The Balaban J connectivity index is 2.30. The van der Waals surface area contributed by atoms with Crippen LogP contribution in [-0.2, 0) is 4.79 Å². The van der Waals surface area contributed by atoms with E-state index in [0.29, 0.717) is 42.8 Å². The zero-order valence-electron chi connectivity index (χ0n) is 15.9. The minimum Gasteiger partial charge on any atom is -0.401 e. The molecule has 0 saturated heterocycles. The molecule has 0 radical (unpaired) electrons. The number of aliphatic hydroxyl groups excluding tert-OH is 1. The molecule has 0 heterocycles. The number of hydrazine groups is 2. The smallest absolute Gasteiger partial charge is 0.265 e. The fraction of sp³-hybridized carbons (Fsp3) is 0.444. The number of thioether (sulfide) groups is 1. The number of nitrogens with two attached hydrogens (primary N) is 3. The lowest BCUT2D eigenvalue weighted by atomic mass is 10.2. The number of nitrogens with one attached hydrogen (secondary N) is 2. The molecule has 9 N–H and O–H groups in total. The summed E-state index contributed by atoms with van der Waals surface area (Å²) in [6, 6.07) is 6.57. The van der Waals surface area contributed by atoms with Crippen LogP contribution in [0.25, 0.3) is 0 Å². The van der Waals surface area contributed by atoms with Crippen molar-refractivity contribution in [3.05, 3.63) is 41.7 Å². The first-order valence-corrected chi connectivity index (χ1v) is 10.2. The molecule has 0 atom stereocenters. The highest BCUT2D eigenvalue weighted by atomic mass is 32.2. The summed E-state index contributed by atoms with van der Waals surface area (Å²) in [5.41, 5.74) is 9.67. The predicted molar refractivity (Wildman–Crippen MR) is 113 cm³/mol. The number of rotatable bonds is 13. The van der Waals surface area contributed by atoms with Gasteiger partial charge in [0.05, 0.1) is 5.69 Å². The molecule has 9 nitrogen and oxygen atoms in total. The van der Waals surface area contributed by atoms with Gasteiger partial charge < -0.3 is 16.2 Å². The van der Waals surface area contributed by atoms with Gasteiger partial charge in [-0.15, -0.1) is 0 Å². The summed E-state index contributed by atoms with van der Waals surface area (Å²) in [5.74, 6) is 12.4. The first-order valence-electron chi connectivity index (χ1n) is 9.04. The summed E-state index contributed by atoms with van der Waals surface area (Å²) in [4.78, 5) is 23.2. The number of hydrogen-bond donors (Lipinski definition) is 6. The Morgan fingerprint density at radius 1 is 1.14 bits per heavy atom. The number of aliphatic hydroxyl groups is 1. The van der Waals surface area contributed by atoms with Gasteiger partial charge in [-0.05, 0) is 49.3 Å². The van der Waals surface area contributed by atoms with Crippen LogP contribution in [0.3, 0.4) is 0 Å². The van der Waals surface area contributed by atoms with Crippen molar-refractivity contribution in [3.8, 4) is 0 Å². The van der Waals surface area contributed by atoms with Gasteiger partial charge in [0, 0.05) is 42.8 Å². The zero-order valence-corrected chi connectivity index (χ0v) is 16.7. The number of anilines is 1. The topological polar surface area (TPSA) is 160 Å². The van der Waals surface area contributed by atoms with Crippen LogP contribution < -0.4 is 33.2 Å². The summed E-state index contributed by atoms with van der Waals surface area (Å²) in [7, 11) is 0. The van der Waals surface area contributed by atoms with Gasteiger partial charge in [0.25, 0.3) is 5.91 Å². The third kappa shape index (κ3) is 9.60. The Morgan fingerprint density at radius 2 is 1.86 bits per heavy atom. The average molecular weight is 411 g/mol. The maximum atomic E-state index is 11.8. The summed E-state index contributed by atoms with van der Waals surface area (Å²) in [6.45, 7) is 0.820. The number of nitrogens with zero attached hydrogens (tertiary/aromatic N) is 1. The fourth-order valence-electron chi connectivity index (χ4n) is 2.26. The van der Waals surface area contributed by atoms with Gasteiger partial charge in [0.1, 0.15) is 0 Å². The molecule has 1 aromatic rings. The molecule has 1 aromatic carbocycles. The second-order valence-electron chi connectivity index (χ2n) is 6.02. The van der Waals surface area contributed by atoms with E-state index in [1.165, 1.54) is 5.01 Å². The lowest BCUT2D eigenvalue weighted by Crippen LogP contribution is -2.30. The third-order valence-corrected chi connectivity index (χ3v) is 4.82. The monoisotopic (exact) mass is 410 g/mol. The van der Waals surface area contributed by atoms with E-state index in [4.69, 9.17) is 22.5 Å². The van der Waals surface area contributed by atoms with Crippen LogP contribution in [0.2, 0.25) is 0 Å². The molecule has 2 amide bonds. The summed E-state index contributed by atoms with van der Waals surface area (Å²) >= 11 is 1.71. The van der Waals surface area contributed by atoms with Crippen LogP contribution in [0.1, 0.15) is 36.0 Å². The van der Waals surface area contributed by atoms with Gasteiger partial charge in [-0.3, -0.25) is 20.0 Å². The van der Waals surface area contributed by atoms with E-state index >= 15 is 0 Å². The minimum atomic E-state index is -0.382. The van der Waals surface area contributed by atoms with Crippen LogP contribution in [0.5, 0.6) is 0 Å². The van der Waals surface area contributed by atoms with Gasteiger partial charge in [-0.1, -0.05) is 0 Å². The van der Waals surface area contributed by atoms with E-state index in [1.807, 2.05) is 0 Å². The molecule has 0 unspecified atom stereocenters. The van der Waals surface area contributed by atoms with Crippen molar-refractivity contribution in [2.45, 2.75) is 25.7 Å². The number of benzene rings is 1. The number of nitrogen functional groups attached to an aromatic ring is 1. The third-order valence-electron chi connectivity index (χ3n) is 3.75. The Morgan fingerprint density at radius 3 is 2.50 bits per heavy atom. The van der Waals surface area contributed by atoms with E-state index in [0.717, 1.165) is 17.9 Å². The highest BCUT2D eigenvalue weighted by molar-refractivity contribution is 7.99. The Kier molecular flexibility index (Phi) is 11.7. The summed E-state index contributed by atoms with van der Waals surface area (Å²) in [6.07, 6.45) is 3.92. The molecule has 0 aliphatic carbocycles. The first kappa shape index (κ1) is 23.8. The fourth-order valence-corrected chi connectivity index (χ4v) is 3.04. The van der Waals surface area contributed by atoms with Crippen molar-refractivity contribution < 1.29 is 14.7 Å². The standard InChI is InChI=1S/C18H30N6O3S/c19-15(3-1-4-17(26)22-9-12-28-11-2-10-25)13-24(21)16-7-5-14(6-8-16)18(27)23-20/h5-8,13,25H,1-4,9-12,19-21H2,(H,22,26)(H,23,27)/b15-13-. The highest BCUT2D eigenvalue weighted by Crippen LogP contribution is 2.14. The molecule has 0 spiro atoms. The SMILES string of the molecule is NNC(=O)c1ccc(N(N)/C=C(\N)CCCC(=O)NCCSCCCO)cc1. The molecule has 0 saturated carbocycles. The van der Waals surface area contributed by atoms with Crippen molar-refractivity contribution in [1.82, 2.24) is 10.7 Å². The van der Waals surface area contributed by atoms with Crippen molar-refractivity contribution >= 4 is 29.3 Å². The van der Waals surface area contributed by atoms with Gasteiger partial charge in [0.2, 0.25) is 5.91 Å². The number of carbonyl (C=O) groups excluding carboxylic acids is 2. The molecule has 0 aliphatic rings. The number of allylic oxidation sites excluding steroid dienone is 1. The average Bonchev–Trinajstić information content (AvgIpc) is 2.70. The van der Waals surface area contributed by atoms with Gasteiger partial charge in [0.15, 0.2) is 0 Å². The molecule has 1 rings (SSSR count). The number of hydrogen-bond acceptors (Lipinski definition) is 8. The van der Waals surface area contributed by atoms with E-state index < -0.39 is 0 Å². The van der Waals surface area contributed by atoms with Crippen LogP contribution in [0.4, 0.5) is 5.69 Å². The molecule has 28 heavy (non-hydrogen) atoms. The molecular formula is C18H30N6O3S. The Bertz CT molecular complexity index is 639. The maximum absolute atomic E-state index is 11.8. The molecule has 0 aliphatic heterocycles. The lowest BCUT2D eigenvalue weighted by molar-refractivity contribution is -0.121. The van der Waals surface area contributed by atoms with E-state index in [-0.39, 0.29) is 18.4 Å². The summed E-state index contributed by atoms with van der Waals surface area (Å²) in [5, 5.41) is 12.9. The van der Waals surface area contributed by atoms with Crippen LogP contribution >= 0.6 is 11.8 Å². The number of carbonyl (C=O) groups is 2. The van der Waals surface area contributed by atoms with E-state index in [1.54, 1.807) is 42.2 Å². The largest absolute Gasteiger partial charge is 0.401 e. The minimum absolute atomic E-state index is 0.00562. The van der Waals surface area contributed by atoms with Gasteiger partial charge in [-0.25, -0.2) is 11.7 Å². The normalized spacial score (nSPS) is 11.2. The van der Waals surface area contributed by atoms with Crippen molar-refractivity contribution in [2.75, 3.05) is 29.7 Å². The van der Waals surface area contributed by atoms with Crippen molar-refractivity contribution in [1.29, 1.82) is 0 Å². The Hall–Kier alpha value is -2.27. The first-order chi connectivity index (χ1) is 13.5. The van der Waals surface area contributed by atoms with Crippen LogP contribution in [-0.4, -0.2) is 41.6 Å². The highest BCUT2D eigenvalue weighted by Gasteiger charge is 2.06. The molecule has 156 valence electrons.